The van der Waals surface area contributed by atoms with Gasteiger partial charge in [0.2, 0.25) is 0 Å². The highest BCUT2D eigenvalue weighted by atomic mass is 127. The van der Waals surface area contributed by atoms with Crippen molar-refractivity contribution in [2.24, 2.45) is 0 Å². The smallest absolute Gasteiger partial charge is 0.339 e. The lowest BCUT2D eigenvalue weighted by Crippen LogP contribution is -1.99. The summed E-state index contributed by atoms with van der Waals surface area (Å²) < 4.78 is 18.3. The molecule has 0 fully saturated rings. The van der Waals surface area contributed by atoms with Crippen LogP contribution in [0.25, 0.3) is 10.8 Å². The summed E-state index contributed by atoms with van der Waals surface area (Å²) in [5.41, 5.74) is 0.0208. The fourth-order valence-electron chi connectivity index (χ4n) is 1.50. The maximum absolute atomic E-state index is 13.4. The van der Waals surface area contributed by atoms with Crippen LogP contribution in [0.5, 0.6) is 5.75 Å². The monoisotopic (exact) mass is 332 g/mol. The molecule has 5 heteroatoms. The molecule has 0 unspecified atom stereocenters. The lowest BCUT2D eigenvalue weighted by atomic mass is 10.1. The molecule has 0 saturated heterocycles. The molecule has 0 heterocycles. The van der Waals surface area contributed by atoms with Gasteiger partial charge < -0.3 is 8.17 Å². The number of halogens is 2. The first-order chi connectivity index (χ1) is 7.63. The fourth-order valence-corrected chi connectivity index (χ4v) is 1.86. The van der Waals surface area contributed by atoms with Gasteiger partial charge in [0.05, 0.1) is 0 Å². The normalized spacial score (nSPS) is 10.4. The molecule has 2 aromatic rings. The standard InChI is InChI=1S/C11H6FIO3/c12-9-3-1-2-6-4-8(11(14)15)10(16-13)5-7(6)9/h1-5H,(H,14,15). The van der Waals surface area contributed by atoms with Crippen LogP contribution in [0.2, 0.25) is 0 Å². The Bertz CT molecular complexity index is 568. The Hall–Kier alpha value is -1.37. The number of carboxylic acid groups (broad SMARTS) is 1. The first-order valence-electron chi connectivity index (χ1n) is 4.37. The highest BCUT2D eigenvalue weighted by Gasteiger charge is 2.14. The molecule has 16 heavy (non-hydrogen) atoms. The summed E-state index contributed by atoms with van der Waals surface area (Å²) in [6, 6.07) is 7.30. The second-order valence-electron chi connectivity index (χ2n) is 3.19. The SMILES string of the molecule is O=C(O)c1cc2cccc(F)c2cc1OI. The van der Waals surface area contributed by atoms with Crippen LogP contribution in [0.3, 0.4) is 0 Å². The van der Waals surface area contributed by atoms with Gasteiger partial charge >= 0.3 is 5.97 Å². The minimum Gasteiger partial charge on any atom is -0.478 e. The van der Waals surface area contributed by atoms with Gasteiger partial charge in [-0.15, -0.1) is 0 Å². The average Bonchev–Trinajstić information content (AvgIpc) is 2.28. The van der Waals surface area contributed by atoms with E-state index in [1.807, 2.05) is 0 Å². The van der Waals surface area contributed by atoms with Crippen LogP contribution in [0, 0.1) is 5.82 Å². The lowest BCUT2D eigenvalue weighted by Gasteiger charge is -2.06. The van der Waals surface area contributed by atoms with E-state index in [0.717, 1.165) is 0 Å². The van der Waals surface area contributed by atoms with E-state index in [1.165, 1.54) is 24.3 Å². The van der Waals surface area contributed by atoms with Crippen LogP contribution in [0.1, 0.15) is 10.4 Å². The first-order valence-corrected chi connectivity index (χ1v) is 5.25. The molecule has 2 rings (SSSR count). The van der Waals surface area contributed by atoms with Crippen molar-refractivity contribution in [3.05, 3.63) is 41.7 Å². The van der Waals surface area contributed by atoms with Gasteiger partial charge in [-0.25, -0.2) is 9.18 Å². The number of carbonyl (C=O) groups is 1. The lowest BCUT2D eigenvalue weighted by molar-refractivity contribution is 0.0695. The molecule has 0 spiro atoms. The molecule has 0 radical (unpaired) electrons. The number of fused-ring (bicyclic) bond motifs is 1. The Morgan fingerprint density at radius 1 is 1.38 bits per heavy atom. The molecule has 0 aliphatic heterocycles. The molecule has 2 aromatic carbocycles. The zero-order chi connectivity index (χ0) is 11.7. The molecule has 0 bridgehead atoms. The van der Waals surface area contributed by atoms with E-state index in [-0.39, 0.29) is 11.3 Å². The average molecular weight is 332 g/mol. The topological polar surface area (TPSA) is 46.5 Å². The van der Waals surface area contributed by atoms with Crippen molar-refractivity contribution in [3.63, 3.8) is 0 Å². The van der Waals surface area contributed by atoms with Crippen molar-refractivity contribution in [1.29, 1.82) is 0 Å². The summed E-state index contributed by atoms with van der Waals surface area (Å²) in [5.74, 6) is -1.35. The third-order valence-electron chi connectivity index (χ3n) is 2.24. The van der Waals surface area contributed by atoms with Crippen LogP contribution in [-0.4, -0.2) is 11.1 Å². The van der Waals surface area contributed by atoms with Crippen LogP contribution < -0.4 is 3.07 Å². The van der Waals surface area contributed by atoms with Crippen molar-refractivity contribution in [2.45, 2.75) is 0 Å². The van der Waals surface area contributed by atoms with Crippen LogP contribution >= 0.6 is 23.0 Å². The molecule has 0 atom stereocenters. The summed E-state index contributed by atoms with van der Waals surface area (Å²) in [6.07, 6.45) is 0. The molecule has 0 aliphatic rings. The summed E-state index contributed by atoms with van der Waals surface area (Å²) >= 11 is 1.57. The van der Waals surface area contributed by atoms with Crippen molar-refractivity contribution in [2.75, 3.05) is 0 Å². The highest BCUT2D eigenvalue weighted by molar-refractivity contribution is 14.1. The predicted molar refractivity (Wildman–Crippen MR) is 65.5 cm³/mol. The number of benzene rings is 2. The summed E-state index contributed by atoms with van der Waals surface area (Å²) in [7, 11) is 0. The van der Waals surface area contributed by atoms with Crippen molar-refractivity contribution in [3.8, 4) is 5.75 Å². The van der Waals surface area contributed by atoms with Crippen molar-refractivity contribution >= 4 is 39.7 Å². The molecule has 0 amide bonds. The van der Waals surface area contributed by atoms with Crippen LogP contribution in [-0.2, 0) is 0 Å². The van der Waals surface area contributed by atoms with Crippen LogP contribution in [0.15, 0.2) is 30.3 Å². The summed E-state index contributed by atoms with van der Waals surface area (Å²) in [6.45, 7) is 0. The van der Waals surface area contributed by atoms with E-state index in [2.05, 4.69) is 0 Å². The van der Waals surface area contributed by atoms with Gasteiger partial charge in [0, 0.05) is 5.39 Å². The zero-order valence-corrected chi connectivity index (χ0v) is 10.1. The highest BCUT2D eigenvalue weighted by Crippen LogP contribution is 2.28. The Balaban J connectivity index is 2.80. The molecule has 0 aromatic heterocycles. The third kappa shape index (κ3) is 1.82. The van der Waals surface area contributed by atoms with E-state index in [4.69, 9.17) is 8.17 Å². The minimum atomic E-state index is -1.10. The van der Waals surface area contributed by atoms with Gasteiger partial charge in [0.25, 0.3) is 0 Å². The van der Waals surface area contributed by atoms with Gasteiger partial charge in [-0.1, -0.05) is 12.1 Å². The molecule has 0 aliphatic carbocycles. The second-order valence-corrected chi connectivity index (χ2v) is 3.63. The first kappa shape index (κ1) is 11.1. The predicted octanol–water partition coefficient (Wildman–Crippen LogP) is 3.41. The Morgan fingerprint density at radius 3 is 2.75 bits per heavy atom. The maximum Gasteiger partial charge on any atom is 0.339 e. The van der Waals surface area contributed by atoms with Gasteiger partial charge in [-0.05, 0) is 23.6 Å². The fraction of sp³-hybridized carbons (Fsp3) is 0. The van der Waals surface area contributed by atoms with Gasteiger partial charge in [0.15, 0.2) is 23.0 Å². The third-order valence-corrected chi connectivity index (χ3v) is 2.72. The molecule has 82 valence electrons. The van der Waals surface area contributed by atoms with Crippen molar-refractivity contribution < 1.29 is 17.4 Å². The molecule has 0 saturated carbocycles. The Kier molecular flexibility index (Phi) is 2.95. The van der Waals surface area contributed by atoms with Crippen molar-refractivity contribution in [1.82, 2.24) is 0 Å². The van der Waals surface area contributed by atoms with E-state index in [1.54, 1.807) is 29.1 Å². The zero-order valence-electron chi connectivity index (χ0n) is 7.91. The van der Waals surface area contributed by atoms with Gasteiger partial charge in [-0.3, -0.25) is 0 Å². The number of hydrogen-bond acceptors (Lipinski definition) is 2. The summed E-state index contributed by atoms with van der Waals surface area (Å²) in [4.78, 5) is 10.9. The molecule has 1 N–H and O–H groups in total. The molecular formula is C11H6FIO3. The van der Waals surface area contributed by atoms with E-state index in [9.17, 15) is 9.18 Å². The van der Waals surface area contributed by atoms with E-state index in [0.29, 0.717) is 10.8 Å². The maximum atomic E-state index is 13.4. The van der Waals surface area contributed by atoms with E-state index >= 15 is 0 Å². The minimum absolute atomic E-state index is 0.0208. The summed E-state index contributed by atoms with van der Waals surface area (Å²) in [5, 5.41) is 9.83. The largest absolute Gasteiger partial charge is 0.478 e. The van der Waals surface area contributed by atoms with Gasteiger partial charge in [-0.2, -0.15) is 0 Å². The van der Waals surface area contributed by atoms with Crippen LogP contribution in [0.4, 0.5) is 4.39 Å². The Labute approximate surface area is 105 Å². The Morgan fingerprint density at radius 2 is 2.12 bits per heavy atom. The van der Waals surface area contributed by atoms with E-state index < -0.39 is 11.8 Å². The number of aromatic carboxylic acids is 1. The number of carboxylic acids is 1. The number of hydrogen-bond donors (Lipinski definition) is 1. The molecule has 3 nitrogen and oxygen atoms in total. The second kappa shape index (κ2) is 4.25. The van der Waals surface area contributed by atoms with Gasteiger partial charge in [0.1, 0.15) is 17.1 Å². The number of rotatable bonds is 2. The molecular weight excluding hydrogens is 326 g/mol. The quantitative estimate of drug-likeness (QED) is 0.858.